The van der Waals surface area contributed by atoms with Crippen LogP contribution in [0.5, 0.6) is 0 Å². The molecule has 11 aromatic rings. The van der Waals surface area contributed by atoms with E-state index in [1.165, 1.54) is 59.1 Å². The van der Waals surface area contributed by atoms with Crippen molar-refractivity contribution in [2.75, 3.05) is 0 Å². The fraction of sp³-hybridized carbons (Fsp3) is 0.0351. The van der Waals surface area contributed by atoms with Crippen molar-refractivity contribution in [3.63, 3.8) is 0 Å². The molecule has 0 radical (unpaired) electrons. The average molecular weight is 822 g/mol. The molecular weight excluding hydrogens is 787 g/mol. The number of thiophene rings is 1. The molecule has 0 spiro atoms. The molecule has 0 aliphatic heterocycles. The summed E-state index contributed by atoms with van der Waals surface area (Å²) in [7, 11) is 0. The predicted molar refractivity (Wildman–Crippen MR) is 256 cm³/mol. The SMILES string of the molecule is c1ccc(-c2cnc(-c3ccc4c(c3)C3c5ccccc5C4c4cc(-c5ccc(-c6nc(-c7ccccc7)nc(-c7cccc8c7sc7ccccc78)n6)cc5)ccc43)cn2)cc1. The molecule has 63 heavy (non-hydrogen) atoms. The smallest absolute Gasteiger partial charge is 0.165 e. The van der Waals surface area contributed by atoms with Gasteiger partial charge in [-0.15, -0.1) is 11.3 Å². The molecule has 0 saturated heterocycles. The molecule has 294 valence electrons. The van der Waals surface area contributed by atoms with E-state index in [0.29, 0.717) is 17.5 Å². The summed E-state index contributed by atoms with van der Waals surface area (Å²) in [5, 5.41) is 2.47. The minimum absolute atomic E-state index is 0.138. The van der Waals surface area contributed by atoms with Crippen molar-refractivity contribution < 1.29 is 0 Å². The summed E-state index contributed by atoms with van der Waals surface area (Å²) >= 11 is 1.79. The highest BCUT2D eigenvalue weighted by molar-refractivity contribution is 7.26. The largest absolute Gasteiger partial charge is 0.252 e. The molecule has 3 aromatic heterocycles. The van der Waals surface area contributed by atoms with Crippen LogP contribution in [0.4, 0.5) is 0 Å². The molecule has 2 atom stereocenters. The van der Waals surface area contributed by atoms with Crippen molar-refractivity contribution in [1.29, 1.82) is 0 Å². The first kappa shape index (κ1) is 35.8. The van der Waals surface area contributed by atoms with Crippen LogP contribution >= 0.6 is 11.3 Å². The number of rotatable bonds is 6. The predicted octanol–water partition coefficient (Wildman–Crippen LogP) is 14.0. The van der Waals surface area contributed by atoms with Gasteiger partial charge >= 0.3 is 0 Å². The van der Waals surface area contributed by atoms with Crippen molar-refractivity contribution in [3.8, 4) is 67.8 Å². The first-order chi connectivity index (χ1) is 31.2. The lowest BCUT2D eigenvalue weighted by Gasteiger charge is -2.42. The van der Waals surface area contributed by atoms with Gasteiger partial charge in [-0.2, -0.15) is 0 Å². The van der Waals surface area contributed by atoms with Crippen molar-refractivity contribution in [3.05, 3.63) is 234 Å². The topological polar surface area (TPSA) is 64.5 Å². The van der Waals surface area contributed by atoms with E-state index >= 15 is 0 Å². The Morgan fingerprint density at radius 3 is 1.51 bits per heavy atom. The molecule has 2 bridgehead atoms. The molecule has 0 fully saturated rings. The van der Waals surface area contributed by atoms with Crippen LogP contribution in [0.1, 0.15) is 45.2 Å². The van der Waals surface area contributed by atoms with Crippen LogP contribution in [0, 0.1) is 0 Å². The molecule has 0 saturated carbocycles. The monoisotopic (exact) mass is 821 g/mol. The van der Waals surface area contributed by atoms with Gasteiger partial charge in [0.25, 0.3) is 0 Å². The summed E-state index contributed by atoms with van der Waals surface area (Å²) in [6.45, 7) is 0. The van der Waals surface area contributed by atoms with E-state index in [1.54, 1.807) is 11.3 Å². The second kappa shape index (κ2) is 14.3. The maximum Gasteiger partial charge on any atom is 0.165 e. The number of nitrogens with zero attached hydrogens (tertiary/aromatic N) is 5. The molecule has 5 nitrogen and oxygen atoms in total. The summed E-state index contributed by atoms with van der Waals surface area (Å²) in [5.74, 6) is 2.26. The van der Waals surface area contributed by atoms with Crippen LogP contribution in [0.25, 0.3) is 88.0 Å². The first-order valence-electron chi connectivity index (χ1n) is 21.3. The van der Waals surface area contributed by atoms with Gasteiger partial charge in [0.1, 0.15) is 0 Å². The summed E-state index contributed by atoms with van der Waals surface area (Å²) in [6, 6.07) is 67.1. The lowest BCUT2D eigenvalue weighted by Crippen LogP contribution is -2.27. The minimum atomic E-state index is 0.138. The summed E-state index contributed by atoms with van der Waals surface area (Å²) in [5.41, 5.74) is 17.4. The molecule has 0 N–H and O–H groups in total. The molecule has 3 aliphatic carbocycles. The van der Waals surface area contributed by atoms with E-state index in [-0.39, 0.29) is 11.8 Å². The van der Waals surface area contributed by atoms with Crippen molar-refractivity contribution in [1.82, 2.24) is 24.9 Å². The van der Waals surface area contributed by atoms with Gasteiger partial charge in [-0.1, -0.05) is 164 Å². The van der Waals surface area contributed by atoms with Gasteiger partial charge in [-0.25, -0.2) is 15.0 Å². The highest BCUT2D eigenvalue weighted by atomic mass is 32.1. The molecule has 8 aromatic carbocycles. The lowest BCUT2D eigenvalue weighted by molar-refractivity contribution is 0.755. The molecule has 6 heteroatoms. The average Bonchev–Trinajstić information content (AvgIpc) is 3.75. The molecule has 0 amide bonds. The zero-order valence-corrected chi connectivity index (χ0v) is 34.7. The van der Waals surface area contributed by atoms with Gasteiger partial charge in [0.2, 0.25) is 0 Å². The quantitative estimate of drug-likeness (QED) is 0.167. The van der Waals surface area contributed by atoms with Crippen molar-refractivity contribution >= 4 is 31.5 Å². The molecular formula is C57H35N5S. The zero-order chi connectivity index (χ0) is 41.4. The summed E-state index contributed by atoms with van der Waals surface area (Å²) < 4.78 is 2.43. The van der Waals surface area contributed by atoms with Crippen LogP contribution in [0.2, 0.25) is 0 Å². The van der Waals surface area contributed by atoms with Gasteiger partial charge in [0, 0.05) is 59.8 Å². The van der Waals surface area contributed by atoms with Crippen LogP contribution < -0.4 is 0 Å². The Bertz CT molecular complexity index is 3560. The third-order valence-corrected chi connectivity index (χ3v) is 14.1. The Hall–Kier alpha value is -7.93. The zero-order valence-electron chi connectivity index (χ0n) is 33.9. The Labute approximate surface area is 368 Å². The van der Waals surface area contributed by atoms with Crippen LogP contribution in [-0.2, 0) is 0 Å². The third kappa shape index (κ3) is 5.87. The fourth-order valence-electron chi connectivity index (χ4n) is 9.87. The summed E-state index contributed by atoms with van der Waals surface area (Å²) in [6.07, 6.45) is 3.78. The number of benzene rings is 8. The third-order valence-electron chi connectivity index (χ3n) is 12.8. The number of aromatic nitrogens is 5. The van der Waals surface area contributed by atoms with E-state index in [0.717, 1.165) is 44.8 Å². The second-order valence-electron chi connectivity index (χ2n) is 16.4. The van der Waals surface area contributed by atoms with E-state index < -0.39 is 0 Å². The number of fused-ring (bicyclic) bond motifs is 3. The van der Waals surface area contributed by atoms with Crippen LogP contribution in [0.15, 0.2) is 200 Å². The normalized spacial score (nSPS) is 14.7. The Morgan fingerprint density at radius 1 is 0.333 bits per heavy atom. The van der Waals surface area contributed by atoms with Crippen molar-refractivity contribution in [2.45, 2.75) is 11.8 Å². The first-order valence-corrected chi connectivity index (χ1v) is 22.1. The number of hydrogen-bond donors (Lipinski definition) is 0. The maximum atomic E-state index is 5.17. The van der Waals surface area contributed by atoms with Crippen LogP contribution in [-0.4, -0.2) is 24.9 Å². The van der Waals surface area contributed by atoms with E-state index in [2.05, 4.69) is 152 Å². The highest BCUT2D eigenvalue weighted by Crippen LogP contribution is 2.56. The van der Waals surface area contributed by atoms with E-state index in [4.69, 9.17) is 24.9 Å². The summed E-state index contributed by atoms with van der Waals surface area (Å²) in [4.78, 5) is 25.0. The number of hydrogen-bond acceptors (Lipinski definition) is 6. The molecule has 3 heterocycles. The Balaban J connectivity index is 0.860. The van der Waals surface area contributed by atoms with Crippen LogP contribution in [0.3, 0.4) is 0 Å². The highest BCUT2D eigenvalue weighted by Gasteiger charge is 2.41. The van der Waals surface area contributed by atoms with Gasteiger partial charge in [0.05, 0.1) is 23.8 Å². The van der Waals surface area contributed by atoms with E-state index in [9.17, 15) is 0 Å². The molecule has 3 aliphatic rings. The van der Waals surface area contributed by atoms with Gasteiger partial charge in [-0.05, 0) is 68.8 Å². The molecule has 2 unspecified atom stereocenters. The Morgan fingerprint density at radius 2 is 0.825 bits per heavy atom. The lowest BCUT2D eigenvalue weighted by atomic mass is 9.60. The van der Waals surface area contributed by atoms with Gasteiger partial charge in [-0.3, -0.25) is 9.97 Å². The van der Waals surface area contributed by atoms with Crippen molar-refractivity contribution in [2.24, 2.45) is 0 Å². The van der Waals surface area contributed by atoms with Gasteiger partial charge < -0.3 is 0 Å². The fourth-order valence-corrected chi connectivity index (χ4v) is 11.1. The Kier molecular flexibility index (Phi) is 8.14. The second-order valence-corrected chi connectivity index (χ2v) is 17.4. The maximum absolute atomic E-state index is 5.17. The minimum Gasteiger partial charge on any atom is -0.252 e. The standard InChI is InChI=1S/C57H35N5S/c1-3-12-35(13-4-1)49-32-59-50(33-58-49)39-27-29-44-48(31-39)53-42-18-8-7-17-41(42)52(44)47-30-38(26-28-43(47)53)34-22-24-37(25-23-34)56-60-55(36-14-5-2-6-15-36)61-57(62-56)46-20-11-19-45-40-16-9-10-21-51(40)63-54(45)46/h1-33,52-53H. The molecule has 14 rings (SSSR count). The van der Waals surface area contributed by atoms with Gasteiger partial charge in [0.15, 0.2) is 17.5 Å². The van der Waals surface area contributed by atoms with E-state index in [1.807, 2.05) is 48.8 Å².